The second kappa shape index (κ2) is 11.1. The molecule has 1 heterocycles. The highest BCUT2D eigenvalue weighted by molar-refractivity contribution is 5.86. The number of halogens is 6. The van der Waals surface area contributed by atoms with Crippen LogP contribution < -0.4 is 10.1 Å². The van der Waals surface area contributed by atoms with Crippen molar-refractivity contribution in [2.75, 3.05) is 19.6 Å². The summed E-state index contributed by atoms with van der Waals surface area (Å²) < 4.78 is 84.4. The number of amides is 1. The molecule has 0 bridgehead atoms. The Labute approximate surface area is 216 Å². The van der Waals surface area contributed by atoms with Crippen molar-refractivity contribution in [2.45, 2.75) is 37.3 Å². The molecule has 3 aromatic carbocycles. The monoisotopic (exact) mass is 536 g/mol. The molecule has 0 spiro atoms. The van der Waals surface area contributed by atoms with Gasteiger partial charge in [0.2, 0.25) is 5.60 Å². The zero-order chi connectivity index (χ0) is 27.4. The fourth-order valence-corrected chi connectivity index (χ4v) is 4.48. The third-order valence-corrected chi connectivity index (χ3v) is 6.42. The summed E-state index contributed by atoms with van der Waals surface area (Å²) in [6.07, 6.45) is -8.21. The molecule has 0 saturated carbocycles. The molecule has 1 saturated heterocycles. The lowest BCUT2D eigenvalue weighted by Gasteiger charge is -2.30. The first-order valence-corrected chi connectivity index (χ1v) is 12.0. The van der Waals surface area contributed by atoms with E-state index in [0.29, 0.717) is 25.1 Å². The van der Waals surface area contributed by atoms with Crippen LogP contribution in [-0.4, -0.2) is 36.0 Å². The van der Waals surface area contributed by atoms with Gasteiger partial charge in [0.15, 0.2) is 0 Å². The minimum Gasteiger partial charge on any atom is -0.476 e. The largest absolute Gasteiger partial charge is 0.476 e. The third-order valence-electron chi connectivity index (χ3n) is 6.42. The van der Waals surface area contributed by atoms with Crippen LogP contribution in [-0.2, 0) is 30.1 Å². The van der Waals surface area contributed by atoms with Crippen molar-refractivity contribution in [3.63, 3.8) is 0 Å². The van der Waals surface area contributed by atoms with E-state index in [-0.39, 0.29) is 25.3 Å². The summed E-state index contributed by atoms with van der Waals surface area (Å²) in [5.41, 5.74) is -1.58. The Hall–Kier alpha value is -3.53. The molecule has 1 N–H and O–H groups in total. The summed E-state index contributed by atoms with van der Waals surface area (Å²) >= 11 is 0. The molecule has 1 atom stereocenters. The van der Waals surface area contributed by atoms with Crippen LogP contribution in [0.15, 0.2) is 78.9 Å². The summed E-state index contributed by atoms with van der Waals surface area (Å²) in [7, 11) is 0. The van der Waals surface area contributed by atoms with E-state index in [1.54, 1.807) is 11.0 Å². The van der Waals surface area contributed by atoms with E-state index in [4.69, 9.17) is 4.74 Å². The number of ether oxygens (including phenoxy) is 1. The molecule has 1 aliphatic heterocycles. The zero-order valence-electron chi connectivity index (χ0n) is 20.3. The Morgan fingerprint density at radius 1 is 0.842 bits per heavy atom. The van der Waals surface area contributed by atoms with Gasteiger partial charge in [-0.05, 0) is 47.9 Å². The summed E-state index contributed by atoms with van der Waals surface area (Å²) in [4.78, 5) is 15.2. The van der Waals surface area contributed by atoms with Crippen molar-refractivity contribution in [3.8, 4) is 5.75 Å². The van der Waals surface area contributed by atoms with Gasteiger partial charge in [0.25, 0.3) is 5.91 Å². The van der Waals surface area contributed by atoms with Crippen molar-refractivity contribution in [2.24, 2.45) is 0 Å². The van der Waals surface area contributed by atoms with Crippen molar-refractivity contribution in [3.05, 3.63) is 101 Å². The summed E-state index contributed by atoms with van der Waals surface area (Å²) in [5.74, 6) is -0.336. The van der Waals surface area contributed by atoms with Crippen molar-refractivity contribution >= 4 is 5.91 Å². The Balaban J connectivity index is 1.50. The number of likely N-dealkylation sites (tertiary alicyclic amines) is 1. The molecule has 0 aliphatic carbocycles. The van der Waals surface area contributed by atoms with Crippen molar-refractivity contribution in [1.29, 1.82) is 0 Å². The average Bonchev–Trinajstić information content (AvgIpc) is 3.27. The lowest BCUT2D eigenvalue weighted by molar-refractivity contribution is -0.138. The molecule has 0 aromatic heterocycles. The van der Waals surface area contributed by atoms with Gasteiger partial charge >= 0.3 is 12.4 Å². The molecule has 38 heavy (non-hydrogen) atoms. The van der Waals surface area contributed by atoms with Crippen LogP contribution in [0.5, 0.6) is 5.75 Å². The van der Waals surface area contributed by atoms with Gasteiger partial charge in [-0.25, -0.2) is 0 Å². The van der Waals surface area contributed by atoms with Gasteiger partial charge in [-0.15, -0.1) is 0 Å². The van der Waals surface area contributed by atoms with E-state index < -0.39 is 35.0 Å². The second-order valence-electron chi connectivity index (χ2n) is 9.27. The number of rotatable bonds is 8. The van der Waals surface area contributed by atoms with Crippen molar-refractivity contribution in [1.82, 2.24) is 10.2 Å². The molecule has 1 fully saturated rings. The molecule has 1 amide bonds. The van der Waals surface area contributed by atoms with Crippen LogP contribution in [0.2, 0.25) is 0 Å². The number of nitrogens with one attached hydrogen (secondary N) is 1. The van der Waals surface area contributed by atoms with Gasteiger partial charge < -0.3 is 10.1 Å². The molecule has 1 unspecified atom stereocenters. The molecule has 202 valence electrons. The molecule has 3 aromatic rings. The molecule has 4 rings (SSSR count). The minimum absolute atomic E-state index is 0.0570. The van der Waals surface area contributed by atoms with Gasteiger partial charge in [-0.3, -0.25) is 9.69 Å². The van der Waals surface area contributed by atoms with Gasteiger partial charge in [0.05, 0.1) is 11.1 Å². The topological polar surface area (TPSA) is 41.6 Å². The van der Waals surface area contributed by atoms with Gasteiger partial charge in [0, 0.05) is 32.6 Å². The fraction of sp³-hybridized carbons (Fsp3) is 0.321. The van der Waals surface area contributed by atoms with Crippen LogP contribution >= 0.6 is 0 Å². The SMILES string of the molecule is O=C(NCCc1ccccc1)C1(Oc2ccc(C(F)(F)F)cc2)CCN(Cc2cccc(C(F)(F)F)c2)C1. The number of hydrogen-bond acceptors (Lipinski definition) is 3. The second-order valence-corrected chi connectivity index (χ2v) is 9.27. The first-order valence-electron chi connectivity index (χ1n) is 12.0. The van der Waals surface area contributed by atoms with Gasteiger partial charge in [-0.1, -0.05) is 48.5 Å². The maximum atomic E-state index is 13.4. The smallest absolute Gasteiger partial charge is 0.416 e. The molecule has 0 radical (unpaired) electrons. The fourth-order valence-electron chi connectivity index (χ4n) is 4.48. The van der Waals surface area contributed by atoms with Crippen LogP contribution in [0.25, 0.3) is 0 Å². The summed E-state index contributed by atoms with van der Waals surface area (Å²) in [5, 5.41) is 2.86. The van der Waals surface area contributed by atoms with Gasteiger partial charge in [0.1, 0.15) is 5.75 Å². The summed E-state index contributed by atoms with van der Waals surface area (Å²) in [6, 6.07) is 18.5. The molecule has 4 nitrogen and oxygen atoms in total. The first-order chi connectivity index (χ1) is 17.9. The lowest BCUT2D eigenvalue weighted by atomic mass is 10.0. The van der Waals surface area contributed by atoms with Gasteiger partial charge in [-0.2, -0.15) is 26.3 Å². The Morgan fingerprint density at radius 2 is 1.50 bits per heavy atom. The number of hydrogen-bond donors (Lipinski definition) is 1. The maximum absolute atomic E-state index is 13.4. The highest BCUT2D eigenvalue weighted by atomic mass is 19.4. The van der Waals surface area contributed by atoms with E-state index in [9.17, 15) is 31.1 Å². The predicted molar refractivity (Wildman–Crippen MR) is 129 cm³/mol. The minimum atomic E-state index is -4.51. The number of alkyl halides is 6. The van der Waals surface area contributed by atoms with Crippen molar-refractivity contribution < 1.29 is 35.9 Å². The lowest BCUT2D eigenvalue weighted by Crippen LogP contribution is -2.53. The quantitative estimate of drug-likeness (QED) is 0.354. The van der Waals surface area contributed by atoms with Crippen LogP contribution in [0.3, 0.4) is 0 Å². The van der Waals surface area contributed by atoms with Crippen LogP contribution in [0.4, 0.5) is 26.3 Å². The maximum Gasteiger partial charge on any atom is 0.416 e. The standard InChI is InChI=1S/C28H26F6N2O2/c29-27(30,31)22-9-11-24(12-10-22)38-26(25(37)35-15-13-20-5-2-1-3-6-20)14-16-36(19-26)18-21-7-4-8-23(17-21)28(32,33)34/h1-12,17H,13-16,18-19H2,(H,35,37). The predicted octanol–water partition coefficient (Wildman–Crippen LogP) is 6.11. The number of nitrogens with zero attached hydrogens (tertiary/aromatic N) is 1. The number of carbonyl (C=O) groups excluding carboxylic acids is 1. The molecular weight excluding hydrogens is 510 g/mol. The number of carbonyl (C=O) groups is 1. The highest BCUT2D eigenvalue weighted by Gasteiger charge is 2.47. The average molecular weight is 537 g/mol. The van der Waals surface area contributed by atoms with E-state index in [1.807, 2.05) is 30.3 Å². The van der Waals surface area contributed by atoms with E-state index in [0.717, 1.165) is 42.0 Å². The first kappa shape index (κ1) is 27.5. The Morgan fingerprint density at radius 3 is 2.16 bits per heavy atom. The Kier molecular flexibility index (Phi) is 8.01. The molecule has 1 aliphatic rings. The van der Waals surface area contributed by atoms with Crippen LogP contribution in [0.1, 0.15) is 28.7 Å². The summed E-state index contributed by atoms with van der Waals surface area (Å²) in [6.45, 7) is 0.873. The molecule has 10 heteroatoms. The zero-order valence-corrected chi connectivity index (χ0v) is 20.3. The third kappa shape index (κ3) is 6.86. The normalized spacial score (nSPS) is 18.4. The van der Waals surface area contributed by atoms with E-state index in [2.05, 4.69) is 5.32 Å². The highest BCUT2D eigenvalue weighted by Crippen LogP contribution is 2.34. The van der Waals surface area contributed by atoms with Crippen LogP contribution in [0, 0.1) is 0 Å². The van der Waals surface area contributed by atoms with E-state index >= 15 is 0 Å². The number of benzene rings is 3. The molecular formula is C28H26F6N2O2. The van der Waals surface area contributed by atoms with E-state index in [1.165, 1.54) is 6.07 Å². The Bertz CT molecular complexity index is 1230.